The predicted octanol–water partition coefficient (Wildman–Crippen LogP) is 2.39. The first-order valence-electron chi connectivity index (χ1n) is 6.41. The third-order valence-electron chi connectivity index (χ3n) is 3.26. The molecular formula is C14H19NO3. The minimum absolute atomic E-state index is 0.214. The maximum absolute atomic E-state index is 11.2. The Hall–Kier alpha value is -1.55. The molecule has 1 aromatic carbocycles. The standard InChI is InChI=1S/C14H19NO3/c1-2-18-11-6-5-9-15(10-11)13-8-4-3-7-12(13)14(16)17/h3-4,7-8,11H,2,5-6,9-10H2,1H3,(H,16,17). The Morgan fingerprint density at radius 2 is 2.28 bits per heavy atom. The van der Waals surface area contributed by atoms with Crippen LogP contribution < -0.4 is 4.90 Å². The second-order valence-electron chi connectivity index (χ2n) is 4.49. The number of ether oxygens (including phenoxy) is 1. The van der Waals surface area contributed by atoms with Crippen molar-refractivity contribution in [2.75, 3.05) is 24.6 Å². The molecular weight excluding hydrogens is 230 g/mol. The number of aromatic carboxylic acids is 1. The highest BCUT2D eigenvalue weighted by atomic mass is 16.5. The minimum Gasteiger partial charge on any atom is -0.478 e. The van der Waals surface area contributed by atoms with Crippen LogP contribution in [-0.2, 0) is 4.74 Å². The molecule has 0 spiro atoms. The zero-order valence-electron chi connectivity index (χ0n) is 10.6. The fraction of sp³-hybridized carbons (Fsp3) is 0.500. The molecule has 1 aromatic rings. The Morgan fingerprint density at radius 3 is 3.00 bits per heavy atom. The second kappa shape index (κ2) is 5.87. The molecule has 98 valence electrons. The molecule has 4 heteroatoms. The average Bonchev–Trinajstić information content (AvgIpc) is 2.39. The largest absolute Gasteiger partial charge is 0.478 e. The fourth-order valence-electron chi connectivity index (χ4n) is 2.46. The molecule has 1 heterocycles. The van der Waals surface area contributed by atoms with Gasteiger partial charge in [-0.25, -0.2) is 4.79 Å². The molecule has 1 atom stereocenters. The Labute approximate surface area is 107 Å². The van der Waals surface area contributed by atoms with Gasteiger partial charge in [0.15, 0.2) is 0 Å². The van der Waals surface area contributed by atoms with E-state index in [1.807, 2.05) is 19.1 Å². The lowest BCUT2D eigenvalue weighted by Gasteiger charge is -2.34. The lowest BCUT2D eigenvalue weighted by Crippen LogP contribution is -2.40. The number of benzene rings is 1. The van der Waals surface area contributed by atoms with Crippen molar-refractivity contribution in [1.82, 2.24) is 0 Å². The van der Waals surface area contributed by atoms with Crippen LogP contribution >= 0.6 is 0 Å². The van der Waals surface area contributed by atoms with Crippen molar-refractivity contribution in [3.05, 3.63) is 29.8 Å². The number of carboxylic acids is 1. The van der Waals surface area contributed by atoms with Gasteiger partial charge in [-0.2, -0.15) is 0 Å². The highest BCUT2D eigenvalue weighted by Gasteiger charge is 2.23. The summed E-state index contributed by atoms with van der Waals surface area (Å²) in [7, 11) is 0. The van der Waals surface area contributed by atoms with Crippen LogP contribution in [0.5, 0.6) is 0 Å². The van der Waals surface area contributed by atoms with Crippen molar-refractivity contribution in [3.63, 3.8) is 0 Å². The summed E-state index contributed by atoms with van der Waals surface area (Å²) >= 11 is 0. The van der Waals surface area contributed by atoms with Gasteiger partial charge in [-0.3, -0.25) is 0 Å². The third kappa shape index (κ3) is 2.82. The molecule has 4 nitrogen and oxygen atoms in total. The van der Waals surface area contributed by atoms with Crippen molar-refractivity contribution in [1.29, 1.82) is 0 Å². The topological polar surface area (TPSA) is 49.8 Å². The van der Waals surface area contributed by atoms with Crippen molar-refractivity contribution < 1.29 is 14.6 Å². The molecule has 0 radical (unpaired) electrons. The van der Waals surface area contributed by atoms with E-state index in [4.69, 9.17) is 4.74 Å². The van der Waals surface area contributed by atoms with Crippen LogP contribution in [0.3, 0.4) is 0 Å². The van der Waals surface area contributed by atoms with Crippen LogP contribution in [0.25, 0.3) is 0 Å². The summed E-state index contributed by atoms with van der Waals surface area (Å²) in [5.41, 5.74) is 1.17. The van der Waals surface area contributed by atoms with E-state index < -0.39 is 5.97 Å². The highest BCUT2D eigenvalue weighted by Crippen LogP contribution is 2.25. The van der Waals surface area contributed by atoms with Crippen LogP contribution in [-0.4, -0.2) is 36.9 Å². The van der Waals surface area contributed by atoms with Crippen LogP contribution in [0.15, 0.2) is 24.3 Å². The first-order valence-corrected chi connectivity index (χ1v) is 6.41. The average molecular weight is 249 g/mol. The van der Waals surface area contributed by atoms with Gasteiger partial charge in [0.2, 0.25) is 0 Å². The van der Waals surface area contributed by atoms with Crippen molar-refractivity contribution in [2.24, 2.45) is 0 Å². The van der Waals surface area contributed by atoms with E-state index in [0.29, 0.717) is 12.2 Å². The van der Waals surface area contributed by atoms with Gasteiger partial charge < -0.3 is 14.7 Å². The van der Waals surface area contributed by atoms with E-state index in [9.17, 15) is 9.90 Å². The number of para-hydroxylation sites is 1. The number of carboxylic acid groups (broad SMARTS) is 1. The Bertz CT molecular complexity index is 417. The molecule has 1 N–H and O–H groups in total. The fourth-order valence-corrected chi connectivity index (χ4v) is 2.46. The van der Waals surface area contributed by atoms with E-state index in [0.717, 1.165) is 31.6 Å². The van der Waals surface area contributed by atoms with Crippen LogP contribution in [0, 0.1) is 0 Å². The van der Waals surface area contributed by atoms with Gasteiger partial charge in [0.25, 0.3) is 0 Å². The maximum Gasteiger partial charge on any atom is 0.337 e. The quantitative estimate of drug-likeness (QED) is 0.890. The lowest BCUT2D eigenvalue weighted by molar-refractivity contribution is 0.0524. The van der Waals surface area contributed by atoms with Crippen LogP contribution in [0.4, 0.5) is 5.69 Å². The van der Waals surface area contributed by atoms with Crippen molar-refractivity contribution in [3.8, 4) is 0 Å². The van der Waals surface area contributed by atoms with Crippen molar-refractivity contribution >= 4 is 11.7 Å². The molecule has 0 amide bonds. The number of nitrogens with zero attached hydrogens (tertiary/aromatic N) is 1. The Kier molecular flexibility index (Phi) is 4.20. The molecule has 1 aliphatic heterocycles. The molecule has 1 aliphatic rings. The molecule has 0 bridgehead atoms. The van der Waals surface area contributed by atoms with Crippen LogP contribution in [0.2, 0.25) is 0 Å². The molecule has 1 fully saturated rings. The summed E-state index contributed by atoms with van der Waals surface area (Å²) < 4.78 is 5.65. The number of piperidine rings is 1. The second-order valence-corrected chi connectivity index (χ2v) is 4.49. The molecule has 0 aromatic heterocycles. The van der Waals surface area contributed by atoms with E-state index in [1.54, 1.807) is 12.1 Å². The van der Waals surface area contributed by atoms with Gasteiger partial charge in [0.05, 0.1) is 17.4 Å². The minimum atomic E-state index is -0.871. The number of anilines is 1. The van der Waals surface area contributed by atoms with Gasteiger partial charge >= 0.3 is 5.97 Å². The van der Waals surface area contributed by atoms with Crippen LogP contribution in [0.1, 0.15) is 30.1 Å². The predicted molar refractivity (Wildman–Crippen MR) is 70.3 cm³/mol. The lowest BCUT2D eigenvalue weighted by atomic mass is 10.1. The number of carbonyl (C=O) groups is 1. The highest BCUT2D eigenvalue weighted by molar-refractivity contribution is 5.94. The Morgan fingerprint density at radius 1 is 1.50 bits per heavy atom. The monoisotopic (exact) mass is 249 g/mol. The summed E-state index contributed by atoms with van der Waals surface area (Å²) in [6.07, 6.45) is 2.31. The molecule has 0 aliphatic carbocycles. The first-order chi connectivity index (χ1) is 8.72. The van der Waals surface area contributed by atoms with Gasteiger partial charge in [-0.1, -0.05) is 12.1 Å². The molecule has 1 unspecified atom stereocenters. The Balaban J connectivity index is 2.18. The SMILES string of the molecule is CCOC1CCCN(c2ccccc2C(=O)O)C1. The van der Waals surface area contributed by atoms with Gasteiger partial charge in [-0.05, 0) is 31.9 Å². The smallest absolute Gasteiger partial charge is 0.337 e. The maximum atomic E-state index is 11.2. The van der Waals surface area contributed by atoms with Gasteiger partial charge in [0, 0.05) is 19.7 Å². The number of hydrogen-bond acceptors (Lipinski definition) is 3. The third-order valence-corrected chi connectivity index (χ3v) is 3.26. The van der Waals surface area contributed by atoms with Crippen molar-refractivity contribution in [2.45, 2.75) is 25.9 Å². The zero-order chi connectivity index (χ0) is 13.0. The van der Waals surface area contributed by atoms with E-state index >= 15 is 0 Å². The summed E-state index contributed by atoms with van der Waals surface area (Å²) in [6, 6.07) is 7.17. The summed E-state index contributed by atoms with van der Waals surface area (Å²) in [5.74, 6) is -0.871. The summed E-state index contributed by atoms with van der Waals surface area (Å²) in [6.45, 7) is 4.37. The normalized spacial score (nSPS) is 19.8. The molecule has 0 saturated carbocycles. The molecule has 18 heavy (non-hydrogen) atoms. The van der Waals surface area contributed by atoms with E-state index in [2.05, 4.69) is 4.90 Å². The molecule has 1 saturated heterocycles. The van der Waals surface area contributed by atoms with Gasteiger partial charge in [0.1, 0.15) is 0 Å². The van der Waals surface area contributed by atoms with E-state index in [-0.39, 0.29) is 6.10 Å². The van der Waals surface area contributed by atoms with Gasteiger partial charge in [-0.15, -0.1) is 0 Å². The zero-order valence-corrected chi connectivity index (χ0v) is 10.6. The number of rotatable bonds is 4. The molecule has 2 rings (SSSR count). The summed E-state index contributed by atoms with van der Waals surface area (Å²) in [4.78, 5) is 13.3. The summed E-state index contributed by atoms with van der Waals surface area (Å²) in [5, 5.41) is 9.21. The van der Waals surface area contributed by atoms with E-state index in [1.165, 1.54) is 0 Å². The number of hydrogen-bond donors (Lipinski definition) is 1. The first kappa shape index (κ1) is 12.9.